The lowest BCUT2D eigenvalue weighted by Gasteiger charge is -2.36. The highest BCUT2D eigenvalue weighted by atomic mass is 35.5. The van der Waals surface area contributed by atoms with Crippen molar-refractivity contribution in [1.29, 1.82) is 0 Å². The van der Waals surface area contributed by atoms with Crippen LogP contribution in [0.15, 0.2) is 24.3 Å². The molecule has 4 N–H and O–H groups in total. The summed E-state index contributed by atoms with van der Waals surface area (Å²) in [6, 6.07) is 5.57. The average molecular weight is 413 g/mol. The first-order valence-electron chi connectivity index (χ1n) is 9.86. The van der Waals surface area contributed by atoms with E-state index in [1.54, 1.807) is 12.1 Å². The zero-order valence-electron chi connectivity index (χ0n) is 16.0. The predicted octanol–water partition coefficient (Wildman–Crippen LogP) is 3.13. The smallest absolute Gasteiger partial charge is 0.319 e. The molecule has 1 aromatic rings. The molecule has 1 aliphatic carbocycles. The summed E-state index contributed by atoms with van der Waals surface area (Å²) in [5, 5.41) is 5.46. The SMILES string of the molecule is Cl.NC1CCCC(C(=O)N2CCCC(CNC(=O)Nc3cccc(F)c3)C2)C1. The van der Waals surface area contributed by atoms with Crippen LogP contribution in [0.5, 0.6) is 0 Å². The van der Waals surface area contributed by atoms with Crippen LogP contribution >= 0.6 is 12.4 Å². The number of halogens is 2. The van der Waals surface area contributed by atoms with Gasteiger partial charge in [-0.1, -0.05) is 12.5 Å². The van der Waals surface area contributed by atoms with Gasteiger partial charge in [-0.05, 0) is 56.2 Å². The molecule has 2 fully saturated rings. The van der Waals surface area contributed by atoms with Crippen LogP contribution in [0.3, 0.4) is 0 Å². The maximum atomic E-state index is 13.2. The number of amides is 3. The standard InChI is InChI=1S/C20H29FN4O2.ClH/c21-16-6-2-8-18(11-16)24-20(27)23-12-14-4-3-9-25(13-14)19(26)15-5-1-7-17(22)10-15;/h2,6,8,11,14-15,17H,1,3-5,7,9-10,12-13,22H2,(H2,23,24,27);1H. The number of benzene rings is 1. The number of hydrogen-bond donors (Lipinski definition) is 3. The summed E-state index contributed by atoms with van der Waals surface area (Å²) in [6.07, 6.45) is 5.68. The van der Waals surface area contributed by atoms with Crippen molar-refractivity contribution >= 4 is 30.0 Å². The molecule has 1 heterocycles. The molecule has 0 spiro atoms. The lowest BCUT2D eigenvalue weighted by atomic mass is 9.84. The van der Waals surface area contributed by atoms with Crippen molar-refractivity contribution in [3.63, 3.8) is 0 Å². The zero-order chi connectivity index (χ0) is 19.2. The Morgan fingerprint density at radius 1 is 1.21 bits per heavy atom. The molecule has 0 aromatic heterocycles. The van der Waals surface area contributed by atoms with Crippen molar-refractivity contribution < 1.29 is 14.0 Å². The second-order valence-corrected chi connectivity index (χ2v) is 7.76. The van der Waals surface area contributed by atoms with Crippen LogP contribution in [0.1, 0.15) is 38.5 Å². The summed E-state index contributed by atoms with van der Waals surface area (Å²) in [6.45, 7) is 1.95. The predicted molar refractivity (Wildman–Crippen MR) is 110 cm³/mol. The molecular weight excluding hydrogens is 383 g/mol. The Morgan fingerprint density at radius 2 is 2.04 bits per heavy atom. The maximum absolute atomic E-state index is 13.2. The summed E-state index contributed by atoms with van der Waals surface area (Å²) in [7, 11) is 0. The monoisotopic (exact) mass is 412 g/mol. The molecular formula is C20H30ClFN4O2. The summed E-state index contributed by atoms with van der Waals surface area (Å²) >= 11 is 0. The number of hydrogen-bond acceptors (Lipinski definition) is 3. The van der Waals surface area contributed by atoms with Gasteiger partial charge in [0.2, 0.25) is 5.91 Å². The Hall–Kier alpha value is -1.86. The Labute approximate surface area is 171 Å². The fourth-order valence-corrected chi connectivity index (χ4v) is 4.12. The molecule has 1 aliphatic heterocycles. The Morgan fingerprint density at radius 3 is 2.79 bits per heavy atom. The Kier molecular flexibility index (Phi) is 8.51. The number of anilines is 1. The minimum Gasteiger partial charge on any atom is -0.342 e. The van der Waals surface area contributed by atoms with Gasteiger partial charge in [0, 0.05) is 37.3 Å². The van der Waals surface area contributed by atoms with Gasteiger partial charge in [-0.3, -0.25) is 4.79 Å². The van der Waals surface area contributed by atoms with Gasteiger partial charge in [0.25, 0.3) is 0 Å². The number of urea groups is 1. The van der Waals surface area contributed by atoms with Crippen LogP contribution in [-0.2, 0) is 4.79 Å². The number of piperidine rings is 1. The highest BCUT2D eigenvalue weighted by Crippen LogP contribution is 2.27. The van der Waals surface area contributed by atoms with Crippen molar-refractivity contribution in [3.8, 4) is 0 Å². The van der Waals surface area contributed by atoms with Gasteiger partial charge in [-0.25, -0.2) is 9.18 Å². The number of nitrogens with one attached hydrogen (secondary N) is 2. The number of nitrogens with zero attached hydrogens (tertiary/aromatic N) is 1. The number of rotatable bonds is 4. The first-order chi connectivity index (χ1) is 13.0. The van der Waals surface area contributed by atoms with Crippen LogP contribution in [0.4, 0.5) is 14.9 Å². The van der Waals surface area contributed by atoms with Crippen molar-refractivity contribution in [2.24, 2.45) is 17.6 Å². The molecule has 2 aliphatic rings. The number of likely N-dealkylation sites (tertiary alicyclic amines) is 1. The molecule has 156 valence electrons. The van der Waals surface area contributed by atoms with E-state index in [0.717, 1.165) is 45.1 Å². The number of carbonyl (C=O) groups excluding carboxylic acids is 2. The first kappa shape index (κ1) is 22.4. The molecule has 8 heteroatoms. The van der Waals surface area contributed by atoms with Crippen LogP contribution < -0.4 is 16.4 Å². The average Bonchev–Trinajstić information content (AvgIpc) is 2.66. The van der Waals surface area contributed by atoms with Crippen LogP contribution in [-0.4, -0.2) is 42.5 Å². The Bertz CT molecular complexity index is 675. The highest BCUT2D eigenvalue weighted by molar-refractivity contribution is 5.89. The molecule has 3 amide bonds. The lowest BCUT2D eigenvalue weighted by Crippen LogP contribution is -2.47. The minimum absolute atomic E-state index is 0. The molecule has 0 radical (unpaired) electrons. The van der Waals surface area contributed by atoms with Crippen LogP contribution in [0.25, 0.3) is 0 Å². The molecule has 0 bridgehead atoms. The van der Waals surface area contributed by atoms with E-state index in [1.807, 2.05) is 4.90 Å². The van der Waals surface area contributed by atoms with Gasteiger partial charge in [0.05, 0.1) is 0 Å². The summed E-state index contributed by atoms with van der Waals surface area (Å²) < 4.78 is 13.2. The van der Waals surface area contributed by atoms with Gasteiger partial charge in [-0.15, -0.1) is 12.4 Å². The zero-order valence-corrected chi connectivity index (χ0v) is 16.8. The van der Waals surface area contributed by atoms with Gasteiger partial charge >= 0.3 is 6.03 Å². The van der Waals surface area contributed by atoms with E-state index in [-0.39, 0.29) is 42.2 Å². The highest BCUT2D eigenvalue weighted by Gasteiger charge is 2.31. The van der Waals surface area contributed by atoms with Crippen molar-refractivity contribution in [1.82, 2.24) is 10.2 Å². The second-order valence-electron chi connectivity index (χ2n) is 7.76. The van der Waals surface area contributed by atoms with Crippen molar-refractivity contribution in [3.05, 3.63) is 30.1 Å². The van der Waals surface area contributed by atoms with E-state index < -0.39 is 5.82 Å². The van der Waals surface area contributed by atoms with E-state index in [2.05, 4.69) is 10.6 Å². The van der Waals surface area contributed by atoms with E-state index in [4.69, 9.17) is 5.73 Å². The molecule has 1 aromatic carbocycles. The third-order valence-electron chi connectivity index (χ3n) is 5.53. The van der Waals surface area contributed by atoms with Gasteiger partial charge in [-0.2, -0.15) is 0 Å². The molecule has 1 saturated carbocycles. The molecule has 3 atom stereocenters. The Balaban J connectivity index is 0.00000280. The topological polar surface area (TPSA) is 87.5 Å². The van der Waals surface area contributed by atoms with Gasteiger partial charge in [0.1, 0.15) is 5.82 Å². The first-order valence-corrected chi connectivity index (χ1v) is 9.86. The van der Waals surface area contributed by atoms with E-state index in [1.165, 1.54) is 12.1 Å². The molecule has 3 rings (SSSR count). The molecule has 6 nitrogen and oxygen atoms in total. The van der Waals surface area contributed by atoms with Crippen LogP contribution in [0.2, 0.25) is 0 Å². The fraction of sp³-hybridized carbons (Fsp3) is 0.600. The molecule has 1 saturated heterocycles. The van der Waals surface area contributed by atoms with E-state index in [9.17, 15) is 14.0 Å². The number of nitrogens with two attached hydrogens (primary N) is 1. The quantitative estimate of drug-likeness (QED) is 0.710. The third kappa shape index (κ3) is 6.34. The summed E-state index contributed by atoms with van der Waals surface area (Å²) in [5.74, 6) is 0.116. The van der Waals surface area contributed by atoms with E-state index in [0.29, 0.717) is 18.8 Å². The summed E-state index contributed by atoms with van der Waals surface area (Å²) in [4.78, 5) is 26.8. The van der Waals surface area contributed by atoms with Crippen molar-refractivity contribution in [2.75, 3.05) is 25.0 Å². The maximum Gasteiger partial charge on any atom is 0.319 e. The molecule has 3 unspecified atom stereocenters. The number of carbonyl (C=O) groups is 2. The van der Waals surface area contributed by atoms with Crippen molar-refractivity contribution in [2.45, 2.75) is 44.6 Å². The largest absolute Gasteiger partial charge is 0.342 e. The normalized spacial score (nSPS) is 24.8. The van der Waals surface area contributed by atoms with Crippen LogP contribution in [0, 0.1) is 17.7 Å². The molecule has 28 heavy (non-hydrogen) atoms. The summed E-state index contributed by atoms with van der Waals surface area (Å²) in [5.41, 5.74) is 6.44. The third-order valence-corrected chi connectivity index (χ3v) is 5.53. The second kappa shape index (κ2) is 10.6. The minimum atomic E-state index is -0.392. The fourth-order valence-electron chi connectivity index (χ4n) is 4.12. The van der Waals surface area contributed by atoms with E-state index >= 15 is 0 Å². The van der Waals surface area contributed by atoms with Gasteiger partial charge < -0.3 is 21.3 Å². The van der Waals surface area contributed by atoms with Gasteiger partial charge in [0.15, 0.2) is 0 Å². The lowest BCUT2D eigenvalue weighted by molar-refractivity contribution is -0.138.